The van der Waals surface area contributed by atoms with Crippen LogP contribution in [0.2, 0.25) is 0 Å². The fourth-order valence-corrected chi connectivity index (χ4v) is 8.65. The molecule has 4 aromatic carbocycles. The quantitative estimate of drug-likeness (QED) is 0.0891. The zero-order valence-corrected chi connectivity index (χ0v) is 45.4. The zero-order valence-electron chi connectivity index (χ0n) is 44.6. The van der Waals surface area contributed by atoms with Crippen molar-refractivity contribution in [2.75, 3.05) is 128 Å². The highest BCUT2D eigenvalue weighted by Gasteiger charge is 2.18. The Kier molecular flexibility index (Phi) is 24.6. The lowest BCUT2D eigenvalue weighted by molar-refractivity contribution is -0.0000395. The van der Waals surface area contributed by atoms with Crippen molar-refractivity contribution in [3.05, 3.63) is 143 Å². The Morgan fingerprint density at radius 2 is 0.987 bits per heavy atom. The fourth-order valence-electron chi connectivity index (χ4n) is 8.65. The molecular formula is C57H74ClN10O7-. The first-order valence-corrected chi connectivity index (χ1v) is 25.2. The van der Waals surface area contributed by atoms with Crippen LogP contribution in [-0.2, 0) is 17.6 Å². The average molecular weight is 1050 g/mol. The van der Waals surface area contributed by atoms with Crippen LogP contribution in [-0.4, -0.2) is 180 Å². The minimum Gasteiger partial charge on any atom is -1.00 e. The number of nitrogens with zero attached hydrogens (tertiary/aromatic N) is 8. The number of esters is 1. The van der Waals surface area contributed by atoms with E-state index in [-0.39, 0.29) is 18.3 Å². The third-order valence-corrected chi connectivity index (χ3v) is 13.0. The Labute approximate surface area is 449 Å². The standard InChI is InChI=1S/C28H35N5O3.C21H20N2O4.C8H19N3.ClH/c1-32-13-15-33(16-14-32)12-6-11-29-28(34)24-18-21(9-10-27(24)36-3)17-22-19-25(31-20-30-22)23-7-4-5-8-26(23)35-2;1-25-19-7-5-4-6-16(19)18-12-15(22-13-23-18)10-14-8-9-20(26-2)17(11-14)21(24)27-3;1-10-5-7-11(8-6-10)4-2-3-9;/h4-5,7-10,18-20H,6,11-17H2,1-3H3,(H,29,34);4-9,11-13H,10H2,1-3H3;2-9H2,1H3;1H/p-1. The first-order chi connectivity index (χ1) is 36.0. The molecule has 0 spiro atoms. The number of aromatic nitrogens is 4. The molecule has 1 amide bonds. The summed E-state index contributed by atoms with van der Waals surface area (Å²) >= 11 is 0. The summed E-state index contributed by atoms with van der Waals surface area (Å²) in [5, 5.41) is 3.06. The molecule has 6 aromatic rings. The van der Waals surface area contributed by atoms with Gasteiger partial charge in [0.2, 0.25) is 0 Å². The minimum absolute atomic E-state index is 0. The van der Waals surface area contributed by atoms with Gasteiger partial charge in [-0.1, -0.05) is 36.4 Å². The van der Waals surface area contributed by atoms with E-state index < -0.39 is 5.97 Å². The lowest BCUT2D eigenvalue weighted by atomic mass is 10.0. The van der Waals surface area contributed by atoms with Gasteiger partial charge in [0, 0.05) is 94.3 Å². The van der Waals surface area contributed by atoms with Gasteiger partial charge >= 0.3 is 5.97 Å². The molecule has 2 aromatic heterocycles. The van der Waals surface area contributed by atoms with Crippen molar-refractivity contribution in [1.29, 1.82) is 0 Å². The highest BCUT2D eigenvalue weighted by Crippen LogP contribution is 2.30. The highest BCUT2D eigenvalue weighted by atomic mass is 35.5. The van der Waals surface area contributed by atoms with Gasteiger partial charge in [0.1, 0.15) is 41.2 Å². The normalized spacial score (nSPS) is 13.9. The van der Waals surface area contributed by atoms with Crippen molar-refractivity contribution < 1.29 is 45.7 Å². The highest BCUT2D eigenvalue weighted by molar-refractivity contribution is 5.97. The molecule has 2 fully saturated rings. The van der Waals surface area contributed by atoms with Crippen LogP contribution in [0.25, 0.3) is 22.5 Å². The molecule has 402 valence electrons. The summed E-state index contributed by atoms with van der Waals surface area (Å²) in [7, 11) is 12.1. The van der Waals surface area contributed by atoms with E-state index in [9.17, 15) is 9.59 Å². The Balaban J connectivity index is 0.000000234. The fraction of sp³-hybridized carbons (Fsp3) is 0.404. The Morgan fingerprint density at radius 3 is 1.44 bits per heavy atom. The van der Waals surface area contributed by atoms with Crippen molar-refractivity contribution in [3.8, 4) is 45.5 Å². The Morgan fingerprint density at radius 1 is 0.547 bits per heavy atom. The number of carbonyl (C=O) groups excluding carboxylic acids is 2. The first kappa shape index (κ1) is 59.2. The van der Waals surface area contributed by atoms with Gasteiger partial charge < -0.3 is 66.7 Å². The number of piperazine rings is 2. The third-order valence-electron chi connectivity index (χ3n) is 13.0. The summed E-state index contributed by atoms with van der Waals surface area (Å²) in [6.45, 7) is 12.9. The summed E-state index contributed by atoms with van der Waals surface area (Å²) in [6.07, 6.45) is 6.27. The Bertz CT molecular complexity index is 2700. The summed E-state index contributed by atoms with van der Waals surface area (Å²) < 4.78 is 26.4. The van der Waals surface area contributed by atoms with E-state index in [4.69, 9.17) is 29.4 Å². The Hall–Kier alpha value is -6.73. The van der Waals surface area contributed by atoms with Crippen molar-refractivity contribution in [1.82, 2.24) is 44.9 Å². The predicted octanol–water partition coefficient (Wildman–Crippen LogP) is 3.24. The van der Waals surface area contributed by atoms with Gasteiger partial charge in [0.05, 0.1) is 52.5 Å². The van der Waals surface area contributed by atoms with Crippen molar-refractivity contribution >= 4 is 11.9 Å². The van der Waals surface area contributed by atoms with Crippen LogP contribution in [0.3, 0.4) is 0 Å². The molecule has 2 saturated heterocycles. The van der Waals surface area contributed by atoms with E-state index in [2.05, 4.69) is 58.9 Å². The lowest BCUT2D eigenvalue weighted by Crippen LogP contribution is -3.00. The molecule has 3 N–H and O–H groups in total. The number of ether oxygens (including phenoxy) is 5. The number of hydrogen-bond donors (Lipinski definition) is 2. The molecule has 4 heterocycles. The monoisotopic (exact) mass is 1050 g/mol. The molecule has 0 aliphatic carbocycles. The molecular weight excluding hydrogens is 972 g/mol. The lowest BCUT2D eigenvalue weighted by Gasteiger charge is -2.32. The number of rotatable bonds is 19. The van der Waals surface area contributed by atoms with Gasteiger partial charge in [0.15, 0.2) is 0 Å². The number of para-hydroxylation sites is 2. The van der Waals surface area contributed by atoms with Crippen LogP contribution in [0.15, 0.2) is 110 Å². The van der Waals surface area contributed by atoms with Gasteiger partial charge in [0.25, 0.3) is 5.91 Å². The summed E-state index contributed by atoms with van der Waals surface area (Å²) in [6, 6.07) is 30.5. The van der Waals surface area contributed by atoms with Gasteiger partial charge in [-0.2, -0.15) is 0 Å². The molecule has 75 heavy (non-hydrogen) atoms. The molecule has 2 aliphatic rings. The number of nitrogens with two attached hydrogens (primary N) is 1. The molecule has 18 heteroatoms. The van der Waals surface area contributed by atoms with E-state index in [0.29, 0.717) is 42.0 Å². The molecule has 0 saturated carbocycles. The van der Waals surface area contributed by atoms with Crippen LogP contribution < -0.4 is 42.4 Å². The van der Waals surface area contributed by atoms with E-state index in [1.54, 1.807) is 39.8 Å². The number of carbonyl (C=O) groups is 2. The smallest absolute Gasteiger partial charge is 0.341 e. The minimum atomic E-state index is -0.439. The molecule has 0 radical (unpaired) electrons. The van der Waals surface area contributed by atoms with Crippen LogP contribution in [0.4, 0.5) is 0 Å². The second kappa shape index (κ2) is 31.2. The number of benzene rings is 4. The predicted molar refractivity (Wildman–Crippen MR) is 289 cm³/mol. The van der Waals surface area contributed by atoms with Crippen LogP contribution in [0, 0.1) is 0 Å². The third kappa shape index (κ3) is 18.0. The van der Waals surface area contributed by atoms with E-state index in [1.807, 2.05) is 84.9 Å². The van der Waals surface area contributed by atoms with Crippen LogP contribution in [0.1, 0.15) is 56.1 Å². The first-order valence-electron chi connectivity index (χ1n) is 25.2. The second-order valence-corrected chi connectivity index (χ2v) is 18.1. The number of nitrogens with one attached hydrogen (secondary N) is 1. The molecule has 8 rings (SSSR count). The van der Waals surface area contributed by atoms with Gasteiger partial charge in [-0.25, -0.2) is 24.7 Å². The SMILES string of the molecule is CN1CCN(CCCN)CC1.COC(=O)c1cc(Cc2cc(-c3ccccc3OC)ncn2)ccc1OC.COc1ccc(Cc2cc(-c3ccccc3OC)ncn2)cc1C(=O)NCCCN1CCN(C)CC1.[Cl-]. The molecule has 0 unspecified atom stereocenters. The molecule has 2 aliphatic heterocycles. The van der Waals surface area contributed by atoms with Gasteiger partial charge in [-0.15, -0.1) is 0 Å². The molecule has 0 atom stereocenters. The van der Waals surface area contributed by atoms with Crippen LogP contribution >= 0.6 is 0 Å². The number of methoxy groups -OCH3 is 5. The molecule has 0 bridgehead atoms. The molecule has 17 nitrogen and oxygen atoms in total. The number of halogens is 1. The van der Waals surface area contributed by atoms with Crippen molar-refractivity contribution in [2.45, 2.75) is 25.7 Å². The second-order valence-electron chi connectivity index (χ2n) is 18.1. The van der Waals surface area contributed by atoms with Gasteiger partial charge in [-0.3, -0.25) is 4.79 Å². The number of hydrogen-bond acceptors (Lipinski definition) is 16. The maximum absolute atomic E-state index is 13.0. The maximum atomic E-state index is 13.0. The van der Waals surface area contributed by atoms with Crippen molar-refractivity contribution in [3.63, 3.8) is 0 Å². The van der Waals surface area contributed by atoms with E-state index in [1.165, 1.54) is 53.3 Å². The summed E-state index contributed by atoms with van der Waals surface area (Å²) in [5.41, 5.74) is 13.3. The maximum Gasteiger partial charge on any atom is 0.341 e. The summed E-state index contributed by atoms with van der Waals surface area (Å²) in [5.74, 6) is 1.99. The number of likely N-dealkylation sites (N-methyl/N-ethyl adjacent to an activating group) is 2. The van der Waals surface area contributed by atoms with E-state index >= 15 is 0 Å². The largest absolute Gasteiger partial charge is 1.00 e. The topological polar surface area (TPSA) is 183 Å². The van der Waals surface area contributed by atoms with Crippen molar-refractivity contribution in [2.24, 2.45) is 5.73 Å². The number of amides is 1. The summed E-state index contributed by atoms with van der Waals surface area (Å²) in [4.78, 5) is 52.2. The average Bonchev–Trinajstić information content (AvgIpc) is 3.44. The van der Waals surface area contributed by atoms with Crippen LogP contribution in [0.5, 0.6) is 23.0 Å². The van der Waals surface area contributed by atoms with E-state index in [0.717, 1.165) is 109 Å². The van der Waals surface area contributed by atoms with Gasteiger partial charge in [-0.05, 0) is 118 Å². The zero-order chi connectivity index (χ0) is 52.7.